The van der Waals surface area contributed by atoms with Crippen LogP contribution < -0.4 is 5.73 Å². The molecule has 0 bridgehead atoms. The van der Waals surface area contributed by atoms with Crippen molar-refractivity contribution in [3.8, 4) is 0 Å². The largest absolute Gasteiger partial charge is 0.383 e. The predicted molar refractivity (Wildman–Crippen MR) is 65.4 cm³/mol. The summed E-state index contributed by atoms with van der Waals surface area (Å²) in [4.78, 5) is 4.30. The van der Waals surface area contributed by atoms with Crippen LogP contribution >= 0.6 is 0 Å². The summed E-state index contributed by atoms with van der Waals surface area (Å²) >= 11 is 0. The quantitative estimate of drug-likeness (QED) is 0.852. The molecule has 5 heteroatoms. The lowest BCUT2D eigenvalue weighted by atomic mass is 9.80. The number of aromatic nitrogens is 2. The van der Waals surface area contributed by atoms with Gasteiger partial charge in [-0.25, -0.2) is 0 Å². The van der Waals surface area contributed by atoms with Gasteiger partial charge in [0.15, 0.2) is 5.82 Å². The van der Waals surface area contributed by atoms with Gasteiger partial charge in [-0.15, -0.1) is 0 Å². The number of rotatable bonds is 5. The van der Waals surface area contributed by atoms with E-state index in [0.29, 0.717) is 24.2 Å². The van der Waals surface area contributed by atoms with Gasteiger partial charge in [-0.1, -0.05) is 32.9 Å². The molecule has 0 amide bonds. The third-order valence-electron chi connectivity index (χ3n) is 3.12. The van der Waals surface area contributed by atoms with Crippen LogP contribution in [0.15, 0.2) is 4.52 Å². The van der Waals surface area contributed by atoms with Gasteiger partial charge in [0.1, 0.15) is 0 Å². The maximum absolute atomic E-state index is 5.83. The van der Waals surface area contributed by atoms with Crippen LogP contribution in [-0.4, -0.2) is 23.9 Å². The second kappa shape index (κ2) is 5.60. The second-order valence-electron chi connectivity index (χ2n) is 5.58. The van der Waals surface area contributed by atoms with E-state index in [1.54, 1.807) is 7.11 Å². The maximum Gasteiger partial charge on any atom is 0.226 e. The van der Waals surface area contributed by atoms with E-state index in [-0.39, 0.29) is 11.5 Å². The van der Waals surface area contributed by atoms with Gasteiger partial charge in [0, 0.05) is 13.5 Å². The van der Waals surface area contributed by atoms with Crippen LogP contribution in [0, 0.1) is 11.3 Å². The molecule has 0 spiro atoms. The normalized spacial score (nSPS) is 15.9. The van der Waals surface area contributed by atoms with Crippen LogP contribution in [0.1, 0.15) is 45.5 Å². The van der Waals surface area contributed by atoms with Crippen molar-refractivity contribution >= 4 is 0 Å². The monoisotopic (exact) mass is 241 g/mol. The van der Waals surface area contributed by atoms with Crippen molar-refractivity contribution in [2.45, 2.75) is 40.2 Å². The minimum absolute atomic E-state index is 0.225. The third kappa shape index (κ3) is 4.09. The Balaban J connectivity index is 2.63. The molecule has 0 saturated heterocycles. The molecule has 0 aliphatic rings. The van der Waals surface area contributed by atoms with Gasteiger partial charge < -0.3 is 15.0 Å². The molecular formula is C12H23N3O2. The van der Waals surface area contributed by atoms with Gasteiger partial charge >= 0.3 is 0 Å². The van der Waals surface area contributed by atoms with Crippen LogP contribution in [-0.2, 0) is 11.2 Å². The molecule has 98 valence electrons. The minimum atomic E-state index is -0.317. The van der Waals surface area contributed by atoms with Gasteiger partial charge in [0.05, 0.1) is 12.6 Å². The summed E-state index contributed by atoms with van der Waals surface area (Å²) in [6.45, 7) is 9.18. The first-order valence-electron chi connectivity index (χ1n) is 5.91. The Morgan fingerprint density at radius 1 is 1.41 bits per heavy atom. The number of nitrogens with two attached hydrogens (primary N) is 1. The van der Waals surface area contributed by atoms with Crippen LogP contribution in [0.2, 0.25) is 0 Å². The van der Waals surface area contributed by atoms with E-state index in [0.717, 1.165) is 6.42 Å². The minimum Gasteiger partial charge on any atom is -0.383 e. The fourth-order valence-electron chi connectivity index (χ4n) is 1.32. The molecule has 1 aromatic rings. The van der Waals surface area contributed by atoms with Crippen molar-refractivity contribution < 1.29 is 9.26 Å². The van der Waals surface area contributed by atoms with Crippen molar-refractivity contribution in [3.05, 3.63) is 11.7 Å². The SMILES string of the molecule is COCC(N)c1noc(CC(C)C(C)(C)C)n1. The van der Waals surface area contributed by atoms with E-state index in [9.17, 15) is 0 Å². The van der Waals surface area contributed by atoms with Crippen LogP contribution in [0.5, 0.6) is 0 Å². The Kier molecular flexibility index (Phi) is 4.65. The zero-order valence-corrected chi connectivity index (χ0v) is 11.4. The topological polar surface area (TPSA) is 74.2 Å². The first kappa shape index (κ1) is 14.1. The van der Waals surface area contributed by atoms with Crippen molar-refractivity contribution in [3.63, 3.8) is 0 Å². The molecule has 5 nitrogen and oxygen atoms in total. The summed E-state index contributed by atoms with van der Waals surface area (Å²) in [5.74, 6) is 1.63. The lowest BCUT2D eigenvalue weighted by Crippen LogP contribution is -2.20. The van der Waals surface area contributed by atoms with Gasteiger partial charge in [-0.3, -0.25) is 0 Å². The predicted octanol–water partition coefficient (Wildman–Crippen LogP) is 1.94. The van der Waals surface area contributed by atoms with E-state index in [4.69, 9.17) is 15.0 Å². The summed E-state index contributed by atoms with van der Waals surface area (Å²) < 4.78 is 10.2. The Hall–Kier alpha value is -0.940. The number of methoxy groups -OCH3 is 1. The molecule has 1 heterocycles. The van der Waals surface area contributed by atoms with E-state index in [2.05, 4.69) is 37.8 Å². The van der Waals surface area contributed by atoms with E-state index < -0.39 is 0 Å². The van der Waals surface area contributed by atoms with Gasteiger partial charge in [0.2, 0.25) is 5.89 Å². The maximum atomic E-state index is 5.83. The average molecular weight is 241 g/mol. The summed E-state index contributed by atoms with van der Waals surface area (Å²) in [5, 5.41) is 3.88. The Morgan fingerprint density at radius 3 is 2.59 bits per heavy atom. The molecule has 0 saturated carbocycles. The summed E-state index contributed by atoms with van der Waals surface area (Å²) in [6, 6.07) is -0.317. The van der Waals surface area contributed by atoms with Crippen molar-refractivity contribution in [2.75, 3.05) is 13.7 Å². The van der Waals surface area contributed by atoms with Crippen molar-refractivity contribution in [2.24, 2.45) is 17.1 Å². The number of nitrogens with zero attached hydrogens (tertiary/aromatic N) is 2. The molecule has 0 aliphatic carbocycles. The average Bonchev–Trinajstić information content (AvgIpc) is 2.65. The highest BCUT2D eigenvalue weighted by Crippen LogP contribution is 2.28. The molecule has 0 aromatic carbocycles. The van der Waals surface area contributed by atoms with E-state index >= 15 is 0 Å². The molecule has 1 aromatic heterocycles. The van der Waals surface area contributed by atoms with E-state index in [1.807, 2.05) is 0 Å². The molecular weight excluding hydrogens is 218 g/mol. The molecule has 0 aliphatic heterocycles. The van der Waals surface area contributed by atoms with Crippen molar-refractivity contribution in [1.82, 2.24) is 10.1 Å². The molecule has 17 heavy (non-hydrogen) atoms. The highest BCUT2D eigenvalue weighted by Gasteiger charge is 2.23. The van der Waals surface area contributed by atoms with Gasteiger partial charge in [-0.2, -0.15) is 4.98 Å². The molecule has 1 rings (SSSR count). The summed E-state index contributed by atoms with van der Waals surface area (Å²) in [5.41, 5.74) is 6.05. The van der Waals surface area contributed by atoms with E-state index in [1.165, 1.54) is 0 Å². The fourth-order valence-corrected chi connectivity index (χ4v) is 1.32. The first-order valence-corrected chi connectivity index (χ1v) is 5.91. The zero-order valence-electron chi connectivity index (χ0n) is 11.4. The fraction of sp³-hybridized carbons (Fsp3) is 0.833. The lowest BCUT2D eigenvalue weighted by Gasteiger charge is -2.25. The van der Waals surface area contributed by atoms with Gasteiger partial charge in [0.25, 0.3) is 0 Å². The first-order chi connectivity index (χ1) is 7.84. The lowest BCUT2D eigenvalue weighted by molar-refractivity contribution is 0.177. The summed E-state index contributed by atoms with van der Waals surface area (Å²) in [7, 11) is 1.60. The Labute approximate surface area is 103 Å². The van der Waals surface area contributed by atoms with Crippen molar-refractivity contribution in [1.29, 1.82) is 0 Å². The molecule has 2 unspecified atom stereocenters. The highest BCUT2D eigenvalue weighted by molar-refractivity contribution is 4.94. The zero-order chi connectivity index (χ0) is 13.1. The smallest absolute Gasteiger partial charge is 0.226 e. The molecule has 2 atom stereocenters. The number of ether oxygens (including phenoxy) is 1. The standard InChI is InChI=1S/C12H23N3O2/c1-8(12(2,3)4)6-10-14-11(15-17-10)9(13)7-16-5/h8-9H,6-7,13H2,1-5H3. The molecule has 0 radical (unpaired) electrons. The van der Waals surface area contributed by atoms with Gasteiger partial charge in [-0.05, 0) is 11.3 Å². The highest BCUT2D eigenvalue weighted by atomic mass is 16.5. The third-order valence-corrected chi connectivity index (χ3v) is 3.12. The Morgan fingerprint density at radius 2 is 2.06 bits per heavy atom. The van der Waals surface area contributed by atoms with Crippen LogP contribution in [0.3, 0.4) is 0 Å². The molecule has 2 N–H and O–H groups in total. The Bertz CT molecular complexity index is 344. The molecule has 0 fully saturated rings. The van der Waals surface area contributed by atoms with Crippen LogP contribution in [0.4, 0.5) is 0 Å². The number of hydrogen-bond donors (Lipinski definition) is 1. The second-order valence-corrected chi connectivity index (χ2v) is 5.58. The summed E-state index contributed by atoms with van der Waals surface area (Å²) in [6.07, 6.45) is 0.774. The number of hydrogen-bond acceptors (Lipinski definition) is 5. The van der Waals surface area contributed by atoms with Crippen LogP contribution in [0.25, 0.3) is 0 Å².